The molecule has 1 N–H and O–H groups in total. The van der Waals surface area contributed by atoms with E-state index in [1.54, 1.807) is 42.3 Å². The maximum absolute atomic E-state index is 12.9. The van der Waals surface area contributed by atoms with Gasteiger partial charge in [-0.15, -0.1) is 0 Å². The number of rotatable bonds is 8. The number of aromatic nitrogens is 3. The molecule has 172 valence electrons. The smallest absolute Gasteiger partial charge is 0.349 e. The Morgan fingerprint density at radius 1 is 1.18 bits per heavy atom. The first-order valence-electron chi connectivity index (χ1n) is 10.7. The standard InChI is InChI=1S/C24H26N4O4S/c1-31-17-9-10-19(21(12-17)32-2)26-22(29)15-33-23-18-7-3-4-8-20(18)28(24(30)27-23)14-16-6-5-11-25-13-16/h5-6,9-13H,3-4,7-8,14-15H2,1-2H3,(H,26,29). The number of anilines is 1. The minimum atomic E-state index is -0.292. The summed E-state index contributed by atoms with van der Waals surface area (Å²) in [6.45, 7) is 0.449. The van der Waals surface area contributed by atoms with Crippen LogP contribution in [0.3, 0.4) is 0 Å². The summed E-state index contributed by atoms with van der Waals surface area (Å²) < 4.78 is 12.3. The molecular formula is C24H26N4O4S. The third-order valence-corrected chi connectivity index (χ3v) is 6.55. The van der Waals surface area contributed by atoms with E-state index in [-0.39, 0.29) is 17.3 Å². The van der Waals surface area contributed by atoms with Crippen molar-refractivity contribution in [2.45, 2.75) is 37.3 Å². The van der Waals surface area contributed by atoms with Crippen LogP contribution in [0, 0.1) is 0 Å². The molecule has 0 fully saturated rings. The van der Waals surface area contributed by atoms with Crippen molar-refractivity contribution < 1.29 is 14.3 Å². The number of amides is 1. The number of hydrogen-bond donors (Lipinski definition) is 1. The third kappa shape index (κ3) is 5.36. The highest BCUT2D eigenvalue weighted by Crippen LogP contribution is 2.31. The van der Waals surface area contributed by atoms with Crippen molar-refractivity contribution in [3.63, 3.8) is 0 Å². The largest absolute Gasteiger partial charge is 0.497 e. The van der Waals surface area contributed by atoms with Crippen molar-refractivity contribution in [3.8, 4) is 11.5 Å². The molecule has 1 amide bonds. The minimum absolute atomic E-state index is 0.140. The molecule has 33 heavy (non-hydrogen) atoms. The Hall–Kier alpha value is -3.33. The zero-order valence-electron chi connectivity index (χ0n) is 18.7. The van der Waals surface area contributed by atoms with Gasteiger partial charge in [0, 0.05) is 29.7 Å². The summed E-state index contributed by atoms with van der Waals surface area (Å²) in [5.41, 5.74) is 3.32. The normalized spacial score (nSPS) is 12.7. The molecule has 3 aromatic rings. The van der Waals surface area contributed by atoms with Crippen LogP contribution in [0.2, 0.25) is 0 Å². The van der Waals surface area contributed by atoms with Crippen molar-refractivity contribution in [3.05, 3.63) is 70.0 Å². The van der Waals surface area contributed by atoms with Crippen LogP contribution in [0.15, 0.2) is 52.5 Å². The van der Waals surface area contributed by atoms with Gasteiger partial charge in [-0.25, -0.2) is 4.79 Å². The van der Waals surface area contributed by atoms with Crippen molar-refractivity contribution in [1.29, 1.82) is 0 Å². The van der Waals surface area contributed by atoms with Crippen molar-refractivity contribution in [2.24, 2.45) is 0 Å². The Kier molecular flexibility index (Phi) is 7.29. The van der Waals surface area contributed by atoms with E-state index in [9.17, 15) is 9.59 Å². The van der Waals surface area contributed by atoms with Crippen LogP contribution in [0.4, 0.5) is 5.69 Å². The number of carbonyl (C=O) groups excluding carboxylic acids is 1. The average molecular weight is 467 g/mol. The Morgan fingerprint density at radius 3 is 2.79 bits per heavy atom. The molecule has 8 nitrogen and oxygen atoms in total. The Labute approximate surface area is 196 Å². The van der Waals surface area contributed by atoms with Gasteiger partial charge in [0.25, 0.3) is 0 Å². The molecule has 0 saturated carbocycles. The lowest BCUT2D eigenvalue weighted by atomic mass is 9.97. The molecule has 9 heteroatoms. The van der Waals surface area contributed by atoms with Gasteiger partial charge in [-0.05, 0) is 49.4 Å². The number of ether oxygens (including phenoxy) is 2. The maximum Gasteiger partial charge on any atom is 0.349 e. The van der Waals surface area contributed by atoms with Gasteiger partial charge in [-0.2, -0.15) is 4.98 Å². The number of nitrogens with zero attached hydrogens (tertiary/aromatic N) is 3. The van der Waals surface area contributed by atoms with E-state index >= 15 is 0 Å². The zero-order valence-corrected chi connectivity index (χ0v) is 19.5. The van der Waals surface area contributed by atoms with E-state index in [1.807, 2.05) is 12.1 Å². The number of fused-ring (bicyclic) bond motifs is 1. The van der Waals surface area contributed by atoms with E-state index in [4.69, 9.17) is 9.47 Å². The SMILES string of the molecule is COc1ccc(NC(=O)CSc2nc(=O)n(Cc3cccnc3)c3c2CCCC3)c(OC)c1. The van der Waals surface area contributed by atoms with Gasteiger partial charge in [-0.1, -0.05) is 17.8 Å². The van der Waals surface area contributed by atoms with Crippen LogP contribution in [0.5, 0.6) is 11.5 Å². The fourth-order valence-corrected chi connectivity index (χ4v) is 4.80. The summed E-state index contributed by atoms with van der Waals surface area (Å²) in [6.07, 6.45) is 7.24. The first kappa shape index (κ1) is 22.8. The second-order valence-electron chi connectivity index (χ2n) is 7.68. The molecule has 1 aliphatic rings. The van der Waals surface area contributed by atoms with Crippen LogP contribution in [-0.2, 0) is 24.2 Å². The van der Waals surface area contributed by atoms with Crippen LogP contribution in [-0.4, -0.2) is 40.4 Å². The number of thioether (sulfide) groups is 1. The van der Waals surface area contributed by atoms with Gasteiger partial charge in [0.15, 0.2) is 0 Å². The van der Waals surface area contributed by atoms with Crippen LogP contribution < -0.4 is 20.5 Å². The predicted octanol–water partition coefficient (Wildman–Crippen LogP) is 3.31. The lowest BCUT2D eigenvalue weighted by Crippen LogP contribution is -2.30. The van der Waals surface area contributed by atoms with Gasteiger partial charge in [0.2, 0.25) is 5.91 Å². The van der Waals surface area contributed by atoms with Crippen LogP contribution in [0.1, 0.15) is 29.7 Å². The molecule has 1 aromatic carbocycles. The first-order chi connectivity index (χ1) is 16.1. The van der Waals surface area contributed by atoms with E-state index in [1.165, 1.54) is 18.9 Å². The summed E-state index contributed by atoms with van der Waals surface area (Å²) >= 11 is 1.30. The molecule has 0 aliphatic heterocycles. The third-order valence-electron chi connectivity index (χ3n) is 5.54. The second-order valence-corrected chi connectivity index (χ2v) is 8.65. The van der Waals surface area contributed by atoms with E-state index in [2.05, 4.69) is 15.3 Å². The van der Waals surface area contributed by atoms with Crippen molar-refractivity contribution in [1.82, 2.24) is 14.5 Å². The summed E-state index contributed by atoms with van der Waals surface area (Å²) in [4.78, 5) is 34.0. The van der Waals surface area contributed by atoms with Gasteiger partial charge in [0.1, 0.15) is 16.5 Å². The molecule has 0 spiro atoms. The lowest BCUT2D eigenvalue weighted by molar-refractivity contribution is -0.113. The molecule has 0 saturated heterocycles. The summed E-state index contributed by atoms with van der Waals surface area (Å²) in [5.74, 6) is 1.10. The van der Waals surface area contributed by atoms with Crippen molar-refractivity contribution in [2.75, 3.05) is 25.3 Å². The van der Waals surface area contributed by atoms with E-state index in [0.717, 1.165) is 42.5 Å². The van der Waals surface area contributed by atoms with Crippen molar-refractivity contribution >= 4 is 23.4 Å². The topological polar surface area (TPSA) is 95.3 Å². The summed E-state index contributed by atoms with van der Waals surface area (Å²) in [5, 5.41) is 3.51. The molecule has 1 aliphatic carbocycles. The number of pyridine rings is 1. The quantitative estimate of drug-likeness (QED) is 0.402. The molecule has 4 rings (SSSR count). The lowest BCUT2D eigenvalue weighted by Gasteiger charge is -2.22. The molecular weight excluding hydrogens is 440 g/mol. The van der Waals surface area contributed by atoms with Gasteiger partial charge in [0.05, 0.1) is 32.2 Å². The Bertz CT molecular complexity index is 1200. The van der Waals surface area contributed by atoms with Gasteiger partial charge < -0.3 is 14.8 Å². The minimum Gasteiger partial charge on any atom is -0.497 e. The molecule has 0 bridgehead atoms. The molecule has 2 heterocycles. The summed E-state index contributed by atoms with van der Waals surface area (Å²) in [6, 6.07) is 9.02. The van der Waals surface area contributed by atoms with E-state index in [0.29, 0.717) is 28.8 Å². The number of nitrogens with one attached hydrogen (secondary N) is 1. The molecule has 0 atom stereocenters. The number of carbonyl (C=O) groups is 1. The monoisotopic (exact) mass is 466 g/mol. The number of methoxy groups -OCH3 is 2. The first-order valence-corrected chi connectivity index (χ1v) is 11.7. The Morgan fingerprint density at radius 2 is 2.03 bits per heavy atom. The Balaban J connectivity index is 1.51. The van der Waals surface area contributed by atoms with Gasteiger partial charge >= 0.3 is 5.69 Å². The molecule has 2 aromatic heterocycles. The maximum atomic E-state index is 12.9. The second kappa shape index (κ2) is 10.5. The molecule has 0 unspecified atom stereocenters. The predicted molar refractivity (Wildman–Crippen MR) is 127 cm³/mol. The fraction of sp³-hybridized carbons (Fsp3) is 0.333. The highest BCUT2D eigenvalue weighted by Gasteiger charge is 2.21. The highest BCUT2D eigenvalue weighted by atomic mass is 32.2. The average Bonchev–Trinajstić information content (AvgIpc) is 2.85. The highest BCUT2D eigenvalue weighted by molar-refractivity contribution is 8.00. The summed E-state index contributed by atoms with van der Waals surface area (Å²) in [7, 11) is 3.11. The zero-order chi connectivity index (χ0) is 23.2. The number of hydrogen-bond acceptors (Lipinski definition) is 7. The van der Waals surface area contributed by atoms with Gasteiger partial charge in [-0.3, -0.25) is 14.3 Å². The van der Waals surface area contributed by atoms with Crippen LogP contribution in [0.25, 0.3) is 0 Å². The molecule has 0 radical (unpaired) electrons. The van der Waals surface area contributed by atoms with Crippen LogP contribution >= 0.6 is 11.8 Å². The number of benzene rings is 1. The van der Waals surface area contributed by atoms with E-state index < -0.39 is 0 Å². The fourth-order valence-electron chi connectivity index (χ4n) is 3.93.